The number of nitrogens with one attached hydrogen (secondary N) is 2. The predicted molar refractivity (Wildman–Crippen MR) is 108 cm³/mol. The van der Waals surface area contributed by atoms with Gasteiger partial charge in [-0.25, -0.2) is 0 Å². The summed E-state index contributed by atoms with van der Waals surface area (Å²) in [5.41, 5.74) is 2.94. The van der Waals surface area contributed by atoms with Crippen molar-refractivity contribution in [3.05, 3.63) is 53.6 Å². The summed E-state index contributed by atoms with van der Waals surface area (Å²) < 4.78 is 10.5. The van der Waals surface area contributed by atoms with E-state index in [1.54, 1.807) is 14.2 Å². The van der Waals surface area contributed by atoms with Gasteiger partial charge in [0, 0.05) is 12.2 Å². The predicted octanol–water partition coefficient (Wildman–Crippen LogP) is 2.95. The summed E-state index contributed by atoms with van der Waals surface area (Å²) in [5.74, 6) is 0.698. The van der Waals surface area contributed by atoms with Crippen LogP contribution in [-0.2, 0) is 16.0 Å². The van der Waals surface area contributed by atoms with Crippen LogP contribution in [0, 0.1) is 18.8 Å². The van der Waals surface area contributed by atoms with Crippen molar-refractivity contribution in [2.75, 3.05) is 26.1 Å². The molecule has 6 heteroatoms. The first-order valence-electron chi connectivity index (χ1n) is 9.38. The van der Waals surface area contributed by atoms with E-state index in [0.717, 1.165) is 16.8 Å². The van der Waals surface area contributed by atoms with Crippen molar-refractivity contribution in [2.24, 2.45) is 11.8 Å². The largest absolute Gasteiger partial charge is 0.493 e. The van der Waals surface area contributed by atoms with E-state index in [1.165, 1.54) is 0 Å². The fourth-order valence-corrected chi connectivity index (χ4v) is 3.14. The number of anilines is 1. The fraction of sp³-hybridized carbons (Fsp3) is 0.364. The minimum Gasteiger partial charge on any atom is -0.493 e. The highest BCUT2D eigenvalue weighted by Gasteiger charge is 2.47. The Balaban J connectivity index is 1.43. The van der Waals surface area contributed by atoms with Crippen molar-refractivity contribution in [1.29, 1.82) is 0 Å². The van der Waals surface area contributed by atoms with Crippen LogP contribution in [-0.4, -0.2) is 32.6 Å². The van der Waals surface area contributed by atoms with Crippen LogP contribution in [0.5, 0.6) is 11.5 Å². The minimum atomic E-state index is -0.248. The highest BCUT2D eigenvalue weighted by Crippen LogP contribution is 2.39. The summed E-state index contributed by atoms with van der Waals surface area (Å²) in [6.07, 6.45) is 1.28. The molecular weight excluding hydrogens is 356 g/mol. The second kappa shape index (κ2) is 8.78. The lowest BCUT2D eigenvalue weighted by molar-refractivity contribution is -0.125. The monoisotopic (exact) mass is 382 g/mol. The molecule has 1 fully saturated rings. The molecule has 1 aliphatic rings. The molecule has 148 valence electrons. The maximum atomic E-state index is 12.3. The van der Waals surface area contributed by atoms with Crippen LogP contribution in [0.4, 0.5) is 5.69 Å². The normalized spacial score (nSPS) is 17.5. The summed E-state index contributed by atoms with van der Waals surface area (Å²) >= 11 is 0. The van der Waals surface area contributed by atoms with Gasteiger partial charge in [-0.3, -0.25) is 9.59 Å². The van der Waals surface area contributed by atoms with E-state index in [-0.39, 0.29) is 23.7 Å². The molecule has 2 aromatic carbocycles. The first-order valence-corrected chi connectivity index (χ1v) is 9.38. The molecule has 0 bridgehead atoms. The van der Waals surface area contributed by atoms with Crippen molar-refractivity contribution < 1.29 is 19.1 Å². The van der Waals surface area contributed by atoms with Gasteiger partial charge in [-0.1, -0.05) is 23.8 Å². The number of benzene rings is 2. The third-order valence-corrected chi connectivity index (χ3v) is 4.94. The molecule has 2 amide bonds. The van der Waals surface area contributed by atoms with Crippen LogP contribution < -0.4 is 20.1 Å². The van der Waals surface area contributed by atoms with E-state index in [0.29, 0.717) is 30.9 Å². The molecule has 2 aromatic rings. The summed E-state index contributed by atoms with van der Waals surface area (Å²) in [6.45, 7) is 2.51. The minimum absolute atomic E-state index is 0.0652. The molecular formula is C22H26N2O4. The number of ether oxygens (including phenoxy) is 2. The van der Waals surface area contributed by atoms with Gasteiger partial charge in [0.15, 0.2) is 11.5 Å². The average molecular weight is 382 g/mol. The Morgan fingerprint density at radius 1 is 0.964 bits per heavy atom. The molecule has 1 aliphatic carbocycles. The SMILES string of the molecule is COc1ccc(CCNC(=O)C2CC2C(=O)Nc2ccc(C)cc2)cc1OC. The van der Waals surface area contributed by atoms with Crippen molar-refractivity contribution in [2.45, 2.75) is 19.8 Å². The summed E-state index contributed by atoms with van der Waals surface area (Å²) in [6, 6.07) is 13.3. The Hall–Kier alpha value is -3.02. The third-order valence-electron chi connectivity index (χ3n) is 4.94. The van der Waals surface area contributed by atoms with E-state index >= 15 is 0 Å². The molecule has 2 unspecified atom stereocenters. The van der Waals surface area contributed by atoms with Gasteiger partial charge in [0.25, 0.3) is 0 Å². The summed E-state index contributed by atoms with van der Waals surface area (Å²) in [7, 11) is 3.19. The van der Waals surface area contributed by atoms with Crippen molar-refractivity contribution in [1.82, 2.24) is 5.32 Å². The van der Waals surface area contributed by atoms with Gasteiger partial charge in [0.2, 0.25) is 11.8 Å². The van der Waals surface area contributed by atoms with Gasteiger partial charge in [-0.05, 0) is 49.6 Å². The molecule has 3 rings (SSSR count). The van der Waals surface area contributed by atoms with Crippen LogP contribution in [0.2, 0.25) is 0 Å². The van der Waals surface area contributed by atoms with E-state index in [2.05, 4.69) is 10.6 Å². The Morgan fingerprint density at radius 2 is 1.64 bits per heavy atom. The summed E-state index contributed by atoms with van der Waals surface area (Å²) in [4.78, 5) is 24.6. The number of methoxy groups -OCH3 is 2. The lowest BCUT2D eigenvalue weighted by atomic mass is 10.1. The zero-order chi connectivity index (χ0) is 20.1. The Kier molecular flexibility index (Phi) is 6.19. The highest BCUT2D eigenvalue weighted by atomic mass is 16.5. The van der Waals surface area contributed by atoms with Crippen LogP contribution in [0.25, 0.3) is 0 Å². The number of amides is 2. The van der Waals surface area contributed by atoms with Crippen LogP contribution in [0.3, 0.4) is 0 Å². The molecule has 0 spiro atoms. The van der Waals surface area contributed by atoms with Gasteiger partial charge in [-0.15, -0.1) is 0 Å². The smallest absolute Gasteiger partial charge is 0.228 e. The Bertz CT molecular complexity index is 848. The number of hydrogen-bond acceptors (Lipinski definition) is 4. The Labute approximate surface area is 165 Å². The number of hydrogen-bond donors (Lipinski definition) is 2. The van der Waals surface area contributed by atoms with E-state index in [4.69, 9.17) is 9.47 Å². The van der Waals surface area contributed by atoms with Gasteiger partial charge in [0.05, 0.1) is 26.1 Å². The molecule has 0 saturated heterocycles. The van der Waals surface area contributed by atoms with Crippen molar-refractivity contribution in [3.8, 4) is 11.5 Å². The van der Waals surface area contributed by atoms with Crippen molar-refractivity contribution >= 4 is 17.5 Å². The second-order valence-electron chi connectivity index (χ2n) is 7.03. The third kappa shape index (κ3) is 4.82. The first kappa shape index (κ1) is 19.7. The van der Waals surface area contributed by atoms with E-state index in [1.807, 2.05) is 49.4 Å². The molecule has 0 aliphatic heterocycles. The first-order chi connectivity index (χ1) is 13.5. The second-order valence-corrected chi connectivity index (χ2v) is 7.03. The number of aryl methyl sites for hydroxylation is 1. The zero-order valence-corrected chi connectivity index (χ0v) is 16.5. The van der Waals surface area contributed by atoms with Gasteiger partial charge in [0.1, 0.15) is 0 Å². The molecule has 0 heterocycles. The van der Waals surface area contributed by atoms with Crippen LogP contribution >= 0.6 is 0 Å². The summed E-state index contributed by atoms with van der Waals surface area (Å²) in [5, 5.41) is 5.80. The molecule has 2 N–H and O–H groups in total. The van der Waals surface area contributed by atoms with Crippen LogP contribution in [0.15, 0.2) is 42.5 Å². The Morgan fingerprint density at radius 3 is 2.32 bits per heavy atom. The van der Waals surface area contributed by atoms with Crippen LogP contribution in [0.1, 0.15) is 17.5 Å². The van der Waals surface area contributed by atoms with E-state index < -0.39 is 0 Å². The number of carbonyl (C=O) groups excluding carboxylic acids is 2. The lowest BCUT2D eigenvalue weighted by Crippen LogP contribution is -2.29. The molecule has 0 aromatic heterocycles. The lowest BCUT2D eigenvalue weighted by Gasteiger charge is -2.10. The zero-order valence-electron chi connectivity index (χ0n) is 16.5. The average Bonchev–Trinajstić information content (AvgIpc) is 3.50. The standard InChI is InChI=1S/C22H26N2O4/c1-14-4-7-16(8-5-14)24-22(26)18-13-17(18)21(25)23-11-10-15-6-9-19(27-2)20(12-15)28-3/h4-9,12,17-18H,10-11,13H2,1-3H3,(H,23,25)(H,24,26). The molecule has 2 atom stereocenters. The maximum absolute atomic E-state index is 12.3. The van der Waals surface area contributed by atoms with E-state index in [9.17, 15) is 9.59 Å². The molecule has 28 heavy (non-hydrogen) atoms. The number of carbonyl (C=O) groups is 2. The molecule has 1 saturated carbocycles. The fourth-order valence-electron chi connectivity index (χ4n) is 3.14. The van der Waals surface area contributed by atoms with Crippen molar-refractivity contribution in [3.63, 3.8) is 0 Å². The van der Waals surface area contributed by atoms with Gasteiger partial charge < -0.3 is 20.1 Å². The topological polar surface area (TPSA) is 76.7 Å². The maximum Gasteiger partial charge on any atom is 0.228 e. The molecule has 0 radical (unpaired) electrons. The van der Waals surface area contributed by atoms with Gasteiger partial charge in [-0.2, -0.15) is 0 Å². The molecule has 6 nitrogen and oxygen atoms in total. The highest BCUT2D eigenvalue weighted by molar-refractivity contribution is 5.99. The number of rotatable bonds is 8. The quantitative estimate of drug-likeness (QED) is 0.736. The van der Waals surface area contributed by atoms with Gasteiger partial charge >= 0.3 is 0 Å².